The molecular weight excluding hydrogens is 408 g/mol. The van der Waals surface area contributed by atoms with Gasteiger partial charge >= 0.3 is 0 Å². The molecule has 5 nitrogen and oxygen atoms in total. The van der Waals surface area contributed by atoms with Gasteiger partial charge in [-0.05, 0) is 41.3 Å². The van der Waals surface area contributed by atoms with Gasteiger partial charge in [-0.3, -0.25) is 9.59 Å². The molecule has 1 aliphatic rings. The molecule has 1 N–H and O–H groups in total. The van der Waals surface area contributed by atoms with Crippen LogP contribution in [-0.4, -0.2) is 30.9 Å². The molecule has 7 heteroatoms. The monoisotopic (exact) mass is 426 g/mol. The summed E-state index contributed by atoms with van der Waals surface area (Å²) in [5, 5.41) is 5.40. The smallest absolute Gasteiger partial charge is 0.254 e. The summed E-state index contributed by atoms with van der Waals surface area (Å²) in [7, 11) is 3.28. The molecule has 2 heterocycles. The van der Waals surface area contributed by atoms with E-state index in [2.05, 4.69) is 5.32 Å². The molecule has 2 amide bonds. The van der Waals surface area contributed by atoms with E-state index in [1.807, 2.05) is 35.7 Å². The summed E-state index contributed by atoms with van der Waals surface area (Å²) < 4.78 is 5.36. The largest absolute Gasteiger partial charge is 0.495 e. The van der Waals surface area contributed by atoms with Gasteiger partial charge in [-0.1, -0.05) is 35.9 Å². The van der Waals surface area contributed by atoms with Crippen LogP contribution in [0, 0.1) is 0 Å². The molecule has 0 aliphatic carbocycles. The van der Waals surface area contributed by atoms with Crippen molar-refractivity contribution in [2.24, 2.45) is 0 Å². The Morgan fingerprint density at radius 1 is 1.17 bits per heavy atom. The summed E-state index contributed by atoms with van der Waals surface area (Å²) in [6.07, 6.45) is 0. The minimum atomic E-state index is -0.573. The average Bonchev–Trinajstić information content (AvgIpc) is 3.25. The number of ether oxygens (including phenoxy) is 1. The van der Waals surface area contributed by atoms with Crippen molar-refractivity contribution in [3.63, 3.8) is 0 Å². The predicted octanol–water partition coefficient (Wildman–Crippen LogP) is 4.96. The maximum absolute atomic E-state index is 13.5. The first-order valence-electron chi connectivity index (χ1n) is 9.05. The van der Waals surface area contributed by atoms with Crippen LogP contribution in [0.25, 0.3) is 0 Å². The van der Waals surface area contributed by atoms with E-state index in [-0.39, 0.29) is 11.8 Å². The Morgan fingerprint density at radius 2 is 1.97 bits per heavy atom. The second-order valence-electron chi connectivity index (χ2n) is 6.78. The lowest BCUT2D eigenvalue weighted by molar-refractivity contribution is -0.119. The normalized spacial score (nSPS) is 18.3. The van der Waals surface area contributed by atoms with E-state index in [1.54, 1.807) is 36.2 Å². The second kappa shape index (κ2) is 7.89. The van der Waals surface area contributed by atoms with Crippen LogP contribution in [0.5, 0.6) is 5.75 Å². The Bertz CT molecular complexity index is 1070. The summed E-state index contributed by atoms with van der Waals surface area (Å²) in [5.74, 6) is -0.376. The molecule has 29 heavy (non-hydrogen) atoms. The first kappa shape index (κ1) is 19.5. The molecule has 0 unspecified atom stereocenters. The topological polar surface area (TPSA) is 58.6 Å². The van der Waals surface area contributed by atoms with E-state index in [4.69, 9.17) is 16.3 Å². The van der Waals surface area contributed by atoms with Gasteiger partial charge in [-0.25, -0.2) is 0 Å². The molecule has 1 aromatic heterocycles. The number of carbonyl (C=O) groups is 2. The fourth-order valence-electron chi connectivity index (χ4n) is 3.76. The van der Waals surface area contributed by atoms with Crippen LogP contribution < -0.4 is 10.1 Å². The zero-order valence-electron chi connectivity index (χ0n) is 15.9. The highest BCUT2D eigenvalue weighted by molar-refractivity contribution is 7.10. The van der Waals surface area contributed by atoms with E-state index >= 15 is 0 Å². The van der Waals surface area contributed by atoms with Gasteiger partial charge in [-0.2, -0.15) is 0 Å². The third kappa shape index (κ3) is 3.50. The molecule has 3 aromatic rings. The van der Waals surface area contributed by atoms with Gasteiger partial charge in [-0.15, -0.1) is 11.3 Å². The summed E-state index contributed by atoms with van der Waals surface area (Å²) in [5.41, 5.74) is 1.75. The van der Waals surface area contributed by atoms with Gasteiger partial charge in [0, 0.05) is 22.5 Å². The molecule has 148 valence electrons. The van der Waals surface area contributed by atoms with E-state index in [0.29, 0.717) is 27.6 Å². The van der Waals surface area contributed by atoms with Crippen molar-refractivity contribution in [2.75, 3.05) is 19.5 Å². The highest BCUT2D eigenvalue weighted by atomic mass is 35.5. The molecule has 0 spiro atoms. The summed E-state index contributed by atoms with van der Waals surface area (Å²) in [6.45, 7) is 0. The van der Waals surface area contributed by atoms with Gasteiger partial charge in [0.15, 0.2) is 0 Å². The average molecular weight is 427 g/mol. The van der Waals surface area contributed by atoms with Crippen LogP contribution in [0.1, 0.15) is 32.8 Å². The molecule has 2 atom stereocenters. The maximum Gasteiger partial charge on any atom is 0.254 e. The number of halogens is 1. The first-order valence-corrected chi connectivity index (χ1v) is 10.3. The number of likely N-dealkylation sites (N-methyl/N-ethyl adjacent to an activating group) is 1. The van der Waals surface area contributed by atoms with Crippen LogP contribution in [0.3, 0.4) is 0 Å². The predicted molar refractivity (Wildman–Crippen MR) is 115 cm³/mol. The number of methoxy groups -OCH3 is 1. The molecule has 1 aliphatic heterocycles. The van der Waals surface area contributed by atoms with E-state index in [0.717, 1.165) is 4.88 Å². The fraction of sp³-hybridized carbons (Fsp3) is 0.182. The van der Waals surface area contributed by atoms with Gasteiger partial charge < -0.3 is 15.0 Å². The van der Waals surface area contributed by atoms with E-state index in [1.165, 1.54) is 18.4 Å². The van der Waals surface area contributed by atoms with Crippen molar-refractivity contribution in [3.8, 4) is 5.75 Å². The highest BCUT2D eigenvalue weighted by Crippen LogP contribution is 2.44. The number of fused-ring (bicyclic) bond motifs is 1. The zero-order valence-corrected chi connectivity index (χ0v) is 17.5. The van der Waals surface area contributed by atoms with Gasteiger partial charge in [0.25, 0.3) is 5.91 Å². The highest BCUT2D eigenvalue weighted by Gasteiger charge is 2.43. The first-order chi connectivity index (χ1) is 14.0. The maximum atomic E-state index is 13.5. The number of anilines is 1. The number of hydrogen-bond acceptors (Lipinski definition) is 4. The molecule has 4 rings (SSSR count). The van der Waals surface area contributed by atoms with Crippen LogP contribution in [0.2, 0.25) is 5.02 Å². The minimum absolute atomic E-state index is 0.0941. The summed E-state index contributed by atoms with van der Waals surface area (Å²) in [4.78, 5) is 29.1. The minimum Gasteiger partial charge on any atom is -0.495 e. The Balaban J connectivity index is 1.80. The van der Waals surface area contributed by atoms with Crippen molar-refractivity contribution >= 4 is 40.4 Å². The number of nitrogens with zero attached hydrogens (tertiary/aromatic N) is 1. The lowest BCUT2D eigenvalue weighted by atomic mass is 9.81. The Labute approximate surface area is 177 Å². The molecule has 2 aromatic carbocycles. The van der Waals surface area contributed by atoms with Gasteiger partial charge in [0.2, 0.25) is 5.91 Å². The summed E-state index contributed by atoms with van der Waals surface area (Å²) in [6, 6.07) is 15.8. The number of carbonyl (C=O) groups excluding carboxylic acids is 2. The quantitative estimate of drug-likeness (QED) is 0.641. The van der Waals surface area contributed by atoms with Crippen LogP contribution in [-0.2, 0) is 4.79 Å². The Morgan fingerprint density at radius 3 is 2.69 bits per heavy atom. The van der Waals surface area contributed by atoms with Crippen LogP contribution in [0.15, 0.2) is 60.0 Å². The summed E-state index contributed by atoms with van der Waals surface area (Å²) >= 11 is 7.65. The standard InChI is InChI=1S/C22H19ClN2O3S/c1-25-20(18-8-5-11-29-18)19(14-6-3-4-7-15(14)22(25)27)21(26)24-16-12-13(23)9-10-17(16)28-2/h3-12,19-20H,1-2H3,(H,24,26)/t19-,20-/m0/s1. The Kier molecular flexibility index (Phi) is 5.30. The number of thiophene rings is 1. The molecular formula is C22H19ClN2O3S. The lowest BCUT2D eigenvalue weighted by Gasteiger charge is -2.39. The van der Waals surface area contributed by atoms with E-state index in [9.17, 15) is 9.59 Å². The van der Waals surface area contributed by atoms with Gasteiger partial charge in [0.05, 0.1) is 24.8 Å². The van der Waals surface area contributed by atoms with Crippen LogP contribution >= 0.6 is 22.9 Å². The number of benzene rings is 2. The molecule has 0 bridgehead atoms. The van der Waals surface area contributed by atoms with E-state index < -0.39 is 12.0 Å². The van der Waals surface area contributed by atoms with Crippen molar-refractivity contribution in [2.45, 2.75) is 12.0 Å². The second-order valence-corrected chi connectivity index (χ2v) is 8.19. The molecule has 0 radical (unpaired) electrons. The number of nitrogens with one attached hydrogen (secondary N) is 1. The molecule has 0 saturated heterocycles. The zero-order chi connectivity index (χ0) is 20.5. The van der Waals surface area contributed by atoms with Crippen LogP contribution in [0.4, 0.5) is 5.69 Å². The van der Waals surface area contributed by atoms with Crippen molar-refractivity contribution in [1.29, 1.82) is 0 Å². The Hall–Kier alpha value is -2.83. The van der Waals surface area contributed by atoms with Crippen molar-refractivity contribution in [3.05, 3.63) is 81.0 Å². The SMILES string of the molecule is COc1ccc(Cl)cc1NC(=O)[C@H]1c2ccccc2C(=O)N(C)[C@H]1c1cccs1. The number of rotatable bonds is 4. The lowest BCUT2D eigenvalue weighted by Crippen LogP contribution is -2.43. The third-order valence-electron chi connectivity index (χ3n) is 5.12. The number of hydrogen-bond donors (Lipinski definition) is 1. The fourth-order valence-corrected chi connectivity index (χ4v) is 4.84. The molecule has 0 saturated carbocycles. The molecule has 0 fully saturated rings. The third-order valence-corrected chi connectivity index (χ3v) is 6.29. The van der Waals surface area contributed by atoms with Crippen molar-refractivity contribution in [1.82, 2.24) is 4.90 Å². The number of amides is 2. The van der Waals surface area contributed by atoms with Crippen molar-refractivity contribution < 1.29 is 14.3 Å². The van der Waals surface area contributed by atoms with Gasteiger partial charge in [0.1, 0.15) is 5.75 Å².